The minimum atomic E-state index is -0.431. The SMILES string of the molecule is CN1CCN(C(=O)OC2CCC(=O)N2)CC1. The van der Waals surface area contributed by atoms with Crippen molar-refractivity contribution in [1.82, 2.24) is 15.1 Å². The van der Waals surface area contributed by atoms with Crippen LogP contribution in [-0.2, 0) is 9.53 Å². The number of piperazine rings is 1. The second-order valence-corrected chi connectivity index (χ2v) is 4.27. The average Bonchev–Trinajstić information content (AvgIpc) is 2.65. The maximum Gasteiger partial charge on any atom is 0.411 e. The van der Waals surface area contributed by atoms with Crippen molar-refractivity contribution >= 4 is 12.0 Å². The van der Waals surface area contributed by atoms with Crippen LogP contribution in [0.2, 0.25) is 0 Å². The zero-order chi connectivity index (χ0) is 11.5. The Morgan fingerprint density at radius 3 is 2.62 bits per heavy atom. The van der Waals surface area contributed by atoms with Crippen LogP contribution in [-0.4, -0.2) is 61.3 Å². The molecule has 0 spiro atoms. The fourth-order valence-electron chi connectivity index (χ4n) is 1.86. The van der Waals surface area contributed by atoms with Crippen molar-refractivity contribution in [2.24, 2.45) is 0 Å². The molecule has 6 nitrogen and oxygen atoms in total. The number of rotatable bonds is 1. The van der Waals surface area contributed by atoms with Crippen molar-refractivity contribution in [1.29, 1.82) is 0 Å². The van der Waals surface area contributed by atoms with Crippen LogP contribution in [0.3, 0.4) is 0 Å². The molecule has 0 aromatic carbocycles. The quantitative estimate of drug-likeness (QED) is 0.662. The number of ether oxygens (including phenoxy) is 1. The first-order chi connectivity index (χ1) is 7.65. The van der Waals surface area contributed by atoms with Gasteiger partial charge in [0.05, 0.1) is 0 Å². The molecule has 0 bridgehead atoms. The number of amides is 2. The topological polar surface area (TPSA) is 61.9 Å². The highest BCUT2D eigenvalue weighted by atomic mass is 16.6. The summed E-state index contributed by atoms with van der Waals surface area (Å²) in [5.74, 6) is -0.0452. The van der Waals surface area contributed by atoms with Gasteiger partial charge >= 0.3 is 6.09 Å². The number of likely N-dealkylation sites (N-methyl/N-ethyl adjacent to an activating group) is 1. The van der Waals surface area contributed by atoms with Gasteiger partial charge in [0.1, 0.15) is 0 Å². The summed E-state index contributed by atoms with van der Waals surface area (Å²) in [4.78, 5) is 26.5. The van der Waals surface area contributed by atoms with E-state index in [1.54, 1.807) is 4.90 Å². The first-order valence-electron chi connectivity index (χ1n) is 5.58. The standard InChI is InChI=1S/C10H17N3O3/c1-12-4-6-13(7-5-12)10(15)16-9-3-2-8(14)11-9/h9H,2-7H2,1H3,(H,11,14). The van der Waals surface area contributed by atoms with E-state index in [9.17, 15) is 9.59 Å². The van der Waals surface area contributed by atoms with Gasteiger partial charge in [-0.2, -0.15) is 0 Å². The summed E-state index contributed by atoms with van der Waals surface area (Å²) in [5.41, 5.74) is 0. The molecule has 2 amide bonds. The molecule has 0 aromatic rings. The Morgan fingerprint density at radius 2 is 2.06 bits per heavy atom. The molecule has 0 aromatic heterocycles. The fraction of sp³-hybridized carbons (Fsp3) is 0.800. The molecular weight excluding hydrogens is 210 g/mol. The van der Waals surface area contributed by atoms with E-state index in [-0.39, 0.29) is 12.0 Å². The zero-order valence-electron chi connectivity index (χ0n) is 9.44. The van der Waals surface area contributed by atoms with Crippen molar-refractivity contribution < 1.29 is 14.3 Å². The van der Waals surface area contributed by atoms with Crippen molar-refractivity contribution in [3.05, 3.63) is 0 Å². The lowest BCUT2D eigenvalue weighted by Gasteiger charge is -2.32. The predicted octanol–water partition coefficient (Wildman–Crippen LogP) is -0.393. The summed E-state index contributed by atoms with van der Waals surface area (Å²) in [5, 5.41) is 2.61. The van der Waals surface area contributed by atoms with Crippen molar-refractivity contribution in [2.45, 2.75) is 19.1 Å². The smallest absolute Gasteiger partial charge is 0.411 e. The zero-order valence-corrected chi connectivity index (χ0v) is 9.44. The Balaban J connectivity index is 1.77. The van der Waals surface area contributed by atoms with Gasteiger partial charge in [0.2, 0.25) is 5.91 Å². The largest absolute Gasteiger partial charge is 0.425 e. The summed E-state index contributed by atoms with van der Waals surface area (Å²) in [6.45, 7) is 3.12. The van der Waals surface area contributed by atoms with Gasteiger partial charge in [0, 0.05) is 39.0 Å². The van der Waals surface area contributed by atoms with Crippen LogP contribution in [0.25, 0.3) is 0 Å². The fourth-order valence-corrected chi connectivity index (χ4v) is 1.86. The Kier molecular flexibility index (Phi) is 3.28. The highest BCUT2D eigenvalue weighted by Crippen LogP contribution is 2.10. The molecule has 2 rings (SSSR count). The molecule has 1 atom stereocenters. The maximum absolute atomic E-state index is 11.7. The molecule has 2 aliphatic heterocycles. The van der Waals surface area contributed by atoms with Crippen molar-refractivity contribution in [2.75, 3.05) is 33.2 Å². The summed E-state index contributed by atoms with van der Waals surface area (Å²) in [6, 6.07) is 0. The van der Waals surface area contributed by atoms with E-state index >= 15 is 0 Å². The van der Waals surface area contributed by atoms with E-state index in [1.807, 2.05) is 7.05 Å². The average molecular weight is 227 g/mol. The number of nitrogens with one attached hydrogen (secondary N) is 1. The van der Waals surface area contributed by atoms with E-state index in [4.69, 9.17) is 4.74 Å². The predicted molar refractivity (Wildman–Crippen MR) is 56.7 cm³/mol. The molecule has 0 radical (unpaired) electrons. The molecule has 0 aliphatic carbocycles. The summed E-state index contributed by atoms with van der Waals surface area (Å²) in [6.07, 6.45) is 0.277. The molecule has 1 unspecified atom stereocenters. The monoisotopic (exact) mass is 227 g/mol. The normalized spacial score (nSPS) is 26.7. The minimum Gasteiger partial charge on any atom is -0.425 e. The highest BCUT2D eigenvalue weighted by molar-refractivity contribution is 5.78. The first-order valence-corrected chi connectivity index (χ1v) is 5.58. The van der Waals surface area contributed by atoms with Crippen LogP contribution in [0.15, 0.2) is 0 Å². The maximum atomic E-state index is 11.7. The van der Waals surface area contributed by atoms with Crippen molar-refractivity contribution in [3.63, 3.8) is 0 Å². The third kappa shape index (κ3) is 2.63. The van der Waals surface area contributed by atoms with E-state index in [2.05, 4.69) is 10.2 Å². The highest BCUT2D eigenvalue weighted by Gasteiger charge is 2.27. The van der Waals surface area contributed by atoms with Crippen LogP contribution in [0, 0.1) is 0 Å². The number of nitrogens with zero attached hydrogens (tertiary/aromatic N) is 2. The summed E-state index contributed by atoms with van der Waals surface area (Å²) >= 11 is 0. The Hall–Kier alpha value is -1.30. The lowest BCUT2D eigenvalue weighted by molar-refractivity contribution is -0.120. The third-order valence-corrected chi connectivity index (χ3v) is 2.96. The molecular formula is C10H17N3O3. The van der Waals surface area contributed by atoms with Gasteiger partial charge in [-0.25, -0.2) is 4.79 Å². The van der Waals surface area contributed by atoms with Gasteiger partial charge in [-0.05, 0) is 7.05 Å². The van der Waals surface area contributed by atoms with Gasteiger partial charge in [-0.15, -0.1) is 0 Å². The van der Waals surface area contributed by atoms with Crippen LogP contribution in [0.5, 0.6) is 0 Å². The summed E-state index contributed by atoms with van der Waals surface area (Å²) in [7, 11) is 2.03. The molecule has 90 valence electrons. The second-order valence-electron chi connectivity index (χ2n) is 4.27. The van der Waals surface area contributed by atoms with Crippen LogP contribution in [0.1, 0.15) is 12.8 Å². The van der Waals surface area contributed by atoms with Crippen molar-refractivity contribution in [3.8, 4) is 0 Å². The van der Waals surface area contributed by atoms with Gasteiger partial charge in [0.15, 0.2) is 6.23 Å². The molecule has 2 fully saturated rings. The Bertz CT molecular complexity index is 287. The van der Waals surface area contributed by atoms with E-state index in [0.29, 0.717) is 25.9 Å². The summed E-state index contributed by atoms with van der Waals surface area (Å²) < 4.78 is 5.19. The molecule has 0 saturated carbocycles. The Morgan fingerprint density at radius 1 is 1.38 bits per heavy atom. The molecule has 6 heteroatoms. The first kappa shape index (κ1) is 11.2. The molecule has 2 aliphatic rings. The van der Waals surface area contributed by atoms with Crippen LogP contribution in [0.4, 0.5) is 4.79 Å². The van der Waals surface area contributed by atoms with E-state index in [0.717, 1.165) is 13.1 Å². The number of carbonyl (C=O) groups excluding carboxylic acids is 2. The van der Waals surface area contributed by atoms with Gasteiger partial charge in [0.25, 0.3) is 0 Å². The van der Waals surface area contributed by atoms with Gasteiger partial charge < -0.3 is 19.9 Å². The third-order valence-electron chi connectivity index (χ3n) is 2.96. The van der Waals surface area contributed by atoms with E-state index < -0.39 is 6.23 Å². The second kappa shape index (κ2) is 4.69. The number of hydrogen-bond donors (Lipinski definition) is 1. The Labute approximate surface area is 94.5 Å². The molecule has 16 heavy (non-hydrogen) atoms. The molecule has 2 heterocycles. The minimum absolute atomic E-state index is 0.0452. The van der Waals surface area contributed by atoms with Crippen LogP contribution < -0.4 is 5.32 Å². The lowest BCUT2D eigenvalue weighted by atomic mass is 10.3. The molecule has 2 saturated heterocycles. The lowest BCUT2D eigenvalue weighted by Crippen LogP contribution is -2.48. The van der Waals surface area contributed by atoms with Crippen LogP contribution >= 0.6 is 0 Å². The van der Waals surface area contributed by atoms with E-state index in [1.165, 1.54) is 0 Å². The van der Waals surface area contributed by atoms with Gasteiger partial charge in [-0.1, -0.05) is 0 Å². The number of carbonyl (C=O) groups is 2. The molecule has 1 N–H and O–H groups in total. The number of hydrogen-bond acceptors (Lipinski definition) is 4. The van der Waals surface area contributed by atoms with Gasteiger partial charge in [-0.3, -0.25) is 4.79 Å².